The first kappa shape index (κ1) is 14.5. The van der Waals surface area contributed by atoms with Crippen molar-refractivity contribution in [1.29, 1.82) is 0 Å². The van der Waals surface area contributed by atoms with Crippen LogP contribution in [0.3, 0.4) is 0 Å². The predicted octanol–water partition coefficient (Wildman–Crippen LogP) is 3.30. The molecule has 0 aliphatic carbocycles. The smallest absolute Gasteiger partial charge is 0.248 e. The van der Waals surface area contributed by atoms with Crippen LogP contribution in [0.5, 0.6) is 0 Å². The van der Waals surface area contributed by atoms with Gasteiger partial charge in [0.25, 0.3) is 0 Å². The minimum atomic E-state index is -0.223. The maximum atomic E-state index is 11.8. The lowest BCUT2D eigenvalue weighted by molar-refractivity contribution is -0.114. The minimum Gasteiger partial charge on any atom is -0.326 e. The number of carbonyl (C=O) groups is 2. The highest BCUT2D eigenvalue weighted by Gasteiger charge is 2.00. The molecule has 4 heteroatoms. The van der Waals surface area contributed by atoms with Crippen molar-refractivity contribution in [3.8, 4) is 0 Å². The van der Waals surface area contributed by atoms with E-state index in [1.165, 1.54) is 13.0 Å². The molecule has 0 aliphatic rings. The zero-order valence-corrected chi connectivity index (χ0v) is 11.7. The Bertz CT molecular complexity index is 664. The van der Waals surface area contributed by atoms with E-state index >= 15 is 0 Å². The third-order valence-corrected chi connectivity index (χ3v) is 2.68. The van der Waals surface area contributed by atoms with E-state index in [0.29, 0.717) is 11.4 Å². The minimum absolute atomic E-state index is 0.151. The summed E-state index contributed by atoms with van der Waals surface area (Å²) in [6.07, 6.45) is 3.22. The third-order valence-electron chi connectivity index (χ3n) is 2.68. The first-order valence-corrected chi connectivity index (χ1v) is 6.55. The average Bonchev–Trinajstić information content (AvgIpc) is 2.46. The highest BCUT2D eigenvalue weighted by atomic mass is 16.2. The molecule has 0 radical (unpaired) electrons. The normalized spacial score (nSPS) is 10.3. The lowest BCUT2D eigenvalue weighted by Gasteiger charge is -2.06. The second kappa shape index (κ2) is 7.05. The van der Waals surface area contributed by atoms with E-state index in [9.17, 15) is 9.59 Å². The molecule has 0 aliphatic heterocycles. The summed E-state index contributed by atoms with van der Waals surface area (Å²) < 4.78 is 0. The SMILES string of the molecule is CC(=O)Nc1cccc(NC(=O)C=Cc2ccccc2)c1. The second-order valence-corrected chi connectivity index (χ2v) is 4.50. The molecule has 106 valence electrons. The highest BCUT2D eigenvalue weighted by molar-refractivity contribution is 6.02. The van der Waals surface area contributed by atoms with Gasteiger partial charge in [0.15, 0.2) is 0 Å². The van der Waals surface area contributed by atoms with Gasteiger partial charge in [-0.2, -0.15) is 0 Å². The molecule has 0 heterocycles. The van der Waals surface area contributed by atoms with Crippen molar-refractivity contribution in [3.05, 3.63) is 66.2 Å². The largest absolute Gasteiger partial charge is 0.326 e. The Labute approximate surface area is 123 Å². The van der Waals surface area contributed by atoms with Crippen LogP contribution >= 0.6 is 0 Å². The Hall–Kier alpha value is -2.88. The van der Waals surface area contributed by atoms with Crippen LogP contribution in [-0.2, 0) is 9.59 Å². The number of nitrogens with one attached hydrogen (secondary N) is 2. The summed E-state index contributed by atoms with van der Waals surface area (Å²) >= 11 is 0. The zero-order chi connectivity index (χ0) is 15.1. The fourth-order valence-electron chi connectivity index (χ4n) is 1.80. The van der Waals surface area contributed by atoms with Gasteiger partial charge in [-0.15, -0.1) is 0 Å². The molecule has 0 unspecified atom stereocenters. The lowest BCUT2D eigenvalue weighted by Crippen LogP contribution is -2.09. The van der Waals surface area contributed by atoms with Gasteiger partial charge in [-0.3, -0.25) is 9.59 Å². The number of hydrogen-bond donors (Lipinski definition) is 2. The molecule has 0 saturated heterocycles. The van der Waals surface area contributed by atoms with Crippen molar-refractivity contribution in [1.82, 2.24) is 0 Å². The standard InChI is InChI=1S/C17H16N2O2/c1-13(20)18-15-8-5-9-16(12-15)19-17(21)11-10-14-6-3-2-4-7-14/h2-12H,1H3,(H,18,20)(H,19,21). The molecule has 0 spiro atoms. The van der Waals surface area contributed by atoms with E-state index in [1.807, 2.05) is 30.3 Å². The van der Waals surface area contributed by atoms with Crippen molar-refractivity contribution >= 4 is 29.3 Å². The molecule has 2 aromatic rings. The number of anilines is 2. The summed E-state index contributed by atoms with van der Waals surface area (Å²) in [5.41, 5.74) is 2.23. The predicted molar refractivity (Wildman–Crippen MR) is 84.9 cm³/mol. The van der Waals surface area contributed by atoms with E-state index < -0.39 is 0 Å². The van der Waals surface area contributed by atoms with Crippen LogP contribution in [0.2, 0.25) is 0 Å². The maximum Gasteiger partial charge on any atom is 0.248 e. The van der Waals surface area contributed by atoms with Gasteiger partial charge < -0.3 is 10.6 Å². The summed E-state index contributed by atoms with van der Waals surface area (Å²) in [6.45, 7) is 1.44. The van der Waals surface area contributed by atoms with Gasteiger partial charge in [0.05, 0.1) is 0 Å². The monoisotopic (exact) mass is 280 g/mol. The van der Waals surface area contributed by atoms with Crippen LogP contribution in [0, 0.1) is 0 Å². The van der Waals surface area contributed by atoms with Crippen LogP contribution in [0.4, 0.5) is 11.4 Å². The Morgan fingerprint density at radius 1 is 0.905 bits per heavy atom. The summed E-state index contributed by atoms with van der Waals surface area (Å²) in [5.74, 6) is -0.374. The fourth-order valence-corrected chi connectivity index (χ4v) is 1.80. The molecule has 0 bridgehead atoms. The van der Waals surface area contributed by atoms with Gasteiger partial charge in [0, 0.05) is 24.4 Å². The first-order chi connectivity index (χ1) is 10.1. The molecule has 0 saturated carbocycles. The summed E-state index contributed by atoms with van der Waals surface area (Å²) in [7, 11) is 0. The van der Waals surface area contributed by atoms with Gasteiger partial charge in [0.2, 0.25) is 11.8 Å². The average molecular weight is 280 g/mol. The van der Waals surface area contributed by atoms with Gasteiger partial charge in [-0.25, -0.2) is 0 Å². The number of amides is 2. The van der Waals surface area contributed by atoms with E-state index in [-0.39, 0.29) is 11.8 Å². The van der Waals surface area contributed by atoms with E-state index in [1.54, 1.807) is 30.3 Å². The molecule has 0 atom stereocenters. The van der Waals surface area contributed by atoms with Crippen LogP contribution in [0.1, 0.15) is 12.5 Å². The van der Waals surface area contributed by atoms with Crippen molar-refractivity contribution in [2.24, 2.45) is 0 Å². The van der Waals surface area contributed by atoms with Crippen molar-refractivity contribution < 1.29 is 9.59 Å². The van der Waals surface area contributed by atoms with Gasteiger partial charge in [-0.1, -0.05) is 36.4 Å². The van der Waals surface area contributed by atoms with Crippen LogP contribution in [0.15, 0.2) is 60.7 Å². The topological polar surface area (TPSA) is 58.2 Å². The van der Waals surface area contributed by atoms with E-state index in [4.69, 9.17) is 0 Å². The Kier molecular flexibility index (Phi) is 4.88. The molecule has 2 aromatic carbocycles. The molecular formula is C17H16N2O2. The molecule has 2 rings (SSSR count). The van der Waals surface area contributed by atoms with Crippen LogP contribution in [0.25, 0.3) is 6.08 Å². The van der Waals surface area contributed by atoms with Crippen molar-refractivity contribution in [3.63, 3.8) is 0 Å². The molecule has 0 fully saturated rings. The number of carbonyl (C=O) groups excluding carboxylic acids is 2. The molecule has 0 aromatic heterocycles. The van der Waals surface area contributed by atoms with Crippen molar-refractivity contribution in [2.75, 3.05) is 10.6 Å². The van der Waals surface area contributed by atoms with E-state index in [2.05, 4.69) is 10.6 Å². The molecule has 2 amide bonds. The number of hydrogen-bond acceptors (Lipinski definition) is 2. The van der Waals surface area contributed by atoms with Gasteiger partial charge >= 0.3 is 0 Å². The van der Waals surface area contributed by atoms with Gasteiger partial charge in [0.1, 0.15) is 0 Å². The van der Waals surface area contributed by atoms with Gasteiger partial charge in [-0.05, 0) is 29.8 Å². The molecule has 4 nitrogen and oxygen atoms in total. The Morgan fingerprint density at radius 2 is 1.57 bits per heavy atom. The summed E-state index contributed by atoms with van der Waals surface area (Å²) in [5, 5.41) is 5.42. The van der Waals surface area contributed by atoms with E-state index in [0.717, 1.165) is 5.56 Å². The Balaban J connectivity index is 1.99. The molecule has 2 N–H and O–H groups in total. The zero-order valence-electron chi connectivity index (χ0n) is 11.7. The highest BCUT2D eigenvalue weighted by Crippen LogP contribution is 2.15. The molecule has 21 heavy (non-hydrogen) atoms. The summed E-state index contributed by atoms with van der Waals surface area (Å²) in [4.78, 5) is 22.8. The number of rotatable bonds is 4. The van der Waals surface area contributed by atoms with Crippen LogP contribution < -0.4 is 10.6 Å². The van der Waals surface area contributed by atoms with Crippen molar-refractivity contribution in [2.45, 2.75) is 6.92 Å². The maximum absolute atomic E-state index is 11.8. The Morgan fingerprint density at radius 3 is 2.24 bits per heavy atom. The number of benzene rings is 2. The third kappa shape index (κ3) is 4.95. The molecular weight excluding hydrogens is 264 g/mol. The quantitative estimate of drug-likeness (QED) is 0.844. The second-order valence-electron chi connectivity index (χ2n) is 4.50. The lowest BCUT2D eigenvalue weighted by atomic mass is 10.2. The summed E-state index contributed by atoms with van der Waals surface area (Å²) in [6, 6.07) is 16.6. The first-order valence-electron chi connectivity index (χ1n) is 6.55. The fraction of sp³-hybridized carbons (Fsp3) is 0.0588. The van der Waals surface area contributed by atoms with Crippen LogP contribution in [-0.4, -0.2) is 11.8 Å².